The quantitative estimate of drug-likeness (QED) is 0.0337. The first-order valence-electron chi connectivity index (χ1n) is 25.2. The topological polar surface area (TPSA) is 145 Å². The summed E-state index contributed by atoms with van der Waals surface area (Å²) >= 11 is 0. The first kappa shape index (κ1) is 54.2. The van der Waals surface area contributed by atoms with Gasteiger partial charge in [-0.1, -0.05) is 232 Å². The standard InChI is InChI=1S/C49H98N2O6/c1-3-5-7-9-11-13-15-17-18-19-20-21-22-23-24-25-26-27-29-31-33-35-37-39-46(53)51-43(40-44-47(54)49(56)48(55)45(41-52)57-44)42(50)38-36-34-32-30-28-16-14-12-10-8-6-4-2/h42-45,47-49,52,54-56H,3-41,50H2,1-2H3,(H,51,53)/t42-,43-,44?,45-,47+,48+,49-/m1/s1. The van der Waals surface area contributed by atoms with E-state index in [9.17, 15) is 25.2 Å². The van der Waals surface area contributed by atoms with E-state index in [4.69, 9.17) is 10.5 Å². The molecule has 57 heavy (non-hydrogen) atoms. The number of hydrogen-bond acceptors (Lipinski definition) is 7. The molecule has 1 aliphatic heterocycles. The minimum atomic E-state index is -1.43. The van der Waals surface area contributed by atoms with E-state index in [0.29, 0.717) is 6.42 Å². The normalized spacial score (nSPS) is 20.9. The van der Waals surface area contributed by atoms with Crippen molar-refractivity contribution < 1.29 is 30.0 Å². The maximum atomic E-state index is 13.1. The summed E-state index contributed by atoms with van der Waals surface area (Å²) in [5, 5.41) is 44.1. The molecular weight excluding hydrogens is 713 g/mol. The summed E-state index contributed by atoms with van der Waals surface area (Å²) in [5.41, 5.74) is 6.69. The molecule has 0 aromatic heterocycles. The molecule has 0 aromatic carbocycles. The average Bonchev–Trinajstić information content (AvgIpc) is 3.21. The first-order valence-corrected chi connectivity index (χ1v) is 25.2. The number of hydrogen-bond donors (Lipinski definition) is 6. The Kier molecular flexibility index (Phi) is 37.5. The molecule has 1 heterocycles. The number of carbonyl (C=O) groups excluding carboxylic acids is 1. The van der Waals surface area contributed by atoms with E-state index in [1.54, 1.807) is 0 Å². The number of aliphatic hydroxyl groups is 4. The molecule has 1 fully saturated rings. The van der Waals surface area contributed by atoms with Gasteiger partial charge >= 0.3 is 0 Å². The van der Waals surface area contributed by atoms with Crippen LogP contribution in [-0.2, 0) is 9.53 Å². The molecule has 7 atom stereocenters. The molecule has 0 spiro atoms. The number of carbonyl (C=O) groups is 1. The van der Waals surface area contributed by atoms with E-state index in [1.807, 2.05) is 0 Å². The lowest BCUT2D eigenvalue weighted by Gasteiger charge is -2.42. The Hall–Kier alpha value is -0.770. The minimum Gasteiger partial charge on any atom is -0.394 e. The highest BCUT2D eigenvalue weighted by Crippen LogP contribution is 2.26. The van der Waals surface area contributed by atoms with Crippen LogP contribution in [0.3, 0.4) is 0 Å². The van der Waals surface area contributed by atoms with E-state index in [2.05, 4.69) is 19.2 Å². The minimum absolute atomic E-state index is 0.0433. The molecule has 1 unspecified atom stereocenters. The molecular formula is C49H98N2O6. The van der Waals surface area contributed by atoms with Crippen molar-refractivity contribution in [1.82, 2.24) is 5.32 Å². The van der Waals surface area contributed by atoms with E-state index in [0.717, 1.165) is 38.5 Å². The average molecular weight is 811 g/mol. The molecule has 8 nitrogen and oxygen atoms in total. The van der Waals surface area contributed by atoms with Crippen LogP contribution in [0.1, 0.15) is 258 Å². The second-order valence-electron chi connectivity index (χ2n) is 18.1. The van der Waals surface area contributed by atoms with E-state index in [1.165, 1.54) is 193 Å². The van der Waals surface area contributed by atoms with Gasteiger partial charge < -0.3 is 36.2 Å². The number of rotatable bonds is 42. The fourth-order valence-corrected chi connectivity index (χ4v) is 8.74. The fourth-order valence-electron chi connectivity index (χ4n) is 8.74. The highest BCUT2D eigenvalue weighted by molar-refractivity contribution is 5.76. The largest absolute Gasteiger partial charge is 0.394 e. The molecule has 1 aliphatic rings. The van der Waals surface area contributed by atoms with Crippen molar-refractivity contribution in [2.24, 2.45) is 5.73 Å². The highest BCUT2D eigenvalue weighted by Gasteiger charge is 2.44. The number of nitrogens with one attached hydrogen (secondary N) is 1. The van der Waals surface area contributed by atoms with Crippen LogP contribution >= 0.6 is 0 Å². The van der Waals surface area contributed by atoms with Crippen LogP contribution in [0.2, 0.25) is 0 Å². The van der Waals surface area contributed by atoms with Crippen LogP contribution < -0.4 is 11.1 Å². The molecule has 8 heteroatoms. The smallest absolute Gasteiger partial charge is 0.220 e. The number of amides is 1. The molecule has 1 amide bonds. The number of nitrogens with two attached hydrogens (primary N) is 1. The molecule has 7 N–H and O–H groups in total. The van der Waals surface area contributed by atoms with Gasteiger partial charge in [0.2, 0.25) is 5.91 Å². The van der Waals surface area contributed by atoms with Gasteiger partial charge in [0.15, 0.2) is 0 Å². The molecule has 0 bridgehead atoms. The summed E-state index contributed by atoms with van der Waals surface area (Å²) < 4.78 is 5.81. The molecule has 1 saturated heterocycles. The zero-order chi connectivity index (χ0) is 41.6. The maximum Gasteiger partial charge on any atom is 0.220 e. The van der Waals surface area contributed by atoms with Gasteiger partial charge in [-0.2, -0.15) is 0 Å². The summed E-state index contributed by atoms with van der Waals surface area (Å²) in [6.07, 6.45) is 41.5. The lowest BCUT2D eigenvalue weighted by Crippen LogP contribution is -2.60. The van der Waals surface area contributed by atoms with E-state index in [-0.39, 0.29) is 18.4 Å². The van der Waals surface area contributed by atoms with Crippen molar-refractivity contribution >= 4 is 5.91 Å². The lowest BCUT2D eigenvalue weighted by molar-refractivity contribution is -0.231. The van der Waals surface area contributed by atoms with Gasteiger partial charge in [-0.25, -0.2) is 0 Å². The van der Waals surface area contributed by atoms with Crippen LogP contribution in [0.25, 0.3) is 0 Å². The van der Waals surface area contributed by atoms with Crippen molar-refractivity contribution in [2.45, 2.75) is 300 Å². The highest BCUT2D eigenvalue weighted by atomic mass is 16.5. The van der Waals surface area contributed by atoms with Gasteiger partial charge in [0.05, 0.1) is 12.7 Å². The third-order valence-electron chi connectivity index (χ3n) is 12.7. The first-order chi connectivity index (χ1) is 27.8. The predicted molar refractivity (Wildman–Crippen MR) is 240 cm³/mol. The Morgan fingerprint density at radius 2 is 0.807 bits per heavy atom. The number of ether oxygens (including phenoxy) is 1. The summed E-state index contributed by atoms with van der Waals surface area (Å²) in [6, 6.07) is -0.755. The fraction of sp³-hybridized carbons (Fsp3) is 0.980. The van der Waals surface area contributed by atoms with E-state index < -0.39 is 43.2 Å². The van der Waals surface area contributed by atoms with Crippen molar-refractivity contribution in [2.75, 3.05) is 6.61 Å². The van der Waals surface area contributed by atoms with Gasteiger partial charge in [0.25, 0.3) is 0 Å². The zero-order valence-corrected chi connectivity index (χ0v) is 37.8. The third kappa shape index (κ3) is 30.0. The molecule has 0 saturated carbocycles. The summed E-state index contributed by atoms with van der Waals surface area (Å²) in [5.74, 6) is -0.0433. The number of unbranched alkanes of at least 4 members (excludes halogenated alkanes) is 33. The monoisotopic (exact) mass is 811 g/mol. The molecule has 0 radical (unpaired) electrons. The summed E-state index contributed by atoms with van der Waals surface area (Å²) in [4.78, 5) is 13.1. The van der Waals surface area contributed by atoms with Crippen molar-refractivity contribution in [3.05, 3.63) is 0 Å². The van der Waals surface area contributed by atoms with Crippen LogP contribution in [0, 0.1) is 0 Å². The second-order valence-corrected chi connectivity index (χ2v) is 18.1. The Morgan fingerprint density at radius 1 is 0.491 bits per heavy atom. The van der Waals surface area contributed by atoms with Gasteiger partial charge in [-0.05, 0) is 19.3 Å². The predicted octanol–water partition coefficient (Wildman–Crippen LogP) is 11.5. The second kappa shape index (κ2) is 39.4. The SMILES string of the molecule is CCCCCCCCCCCCCCCCCCCCCCCCCC(=O)N[C@H](CC1O[C@H](CO)[C@H](O)[C@H](O)[C@H]1O)[C@H](N)CCCCCCCCCCCCCC. The Labute approximate surface area is 353 Å². The van der Waals surface area contributed by atoms with Crippen LogP contribution in [0.5, 0.6) is 0 Å². The Bertz CT molecular complexity index is 862. The van der Waals surface area contributed by atoms with Crippen LogP contribution in [-0.4, -0.2) is 75.5 Å². The third-order valence-corrected chi connectivity index (χ3v) is 12.7. The van der Waals surface area contributed by atoms with E-state index >= 15 is 0 Å². The van der Waals surface area contributed by atoms with Crippen LogP contribution in [0.15, 0.2) is 0 Å². The summed E-state index contributed by atoms with van der Waals surface area (Å²) in [7, 11) is 0. The van der Waals surface area contributed by atoms with Gasteiger partial charge in [0, 0.05) is 18.5 Å². The van der Waals surface area contributed by atoms with Crippen LogP contribution in [0.4, 0.5) is 0 Å². The Balaban J connectivity index is 2.20. The van der Waals surface area contributed by atoms with Crippen molar-refractivity contribution in [3.8, 4) is 0 Å². The van der Waals surface area contributed by atoms with Gasteiger partial charge in [0.1, 0.15) is 24.4 Å². The lowest BCUT2D eigenvalue weighted by atomic mass is 9.88. The van der Waals surface area contributed by atoms with Crippen molar-refractivity contribution in [3.63, 3.8) is 0 Å². The molecule has 0 aliphatic carbocycles. The van der Waals surface area contributed by atoms with Gasteiger partial charge in [-0.15, -0.1) is 0 Å². The van der Waals surface area contributed by atoms with Crippen molar-refractivity contribution in [1.29, 1.82) is 0 Å². The molecule has 1 rings (SSSR count). The maximum absolute atomic E-state index is 13.1. The number of aliphatic hydroxyl groups excluding tert-OH is 4. The summed E-state index contributed by atoms with van der Waals surface area (Å²) in [6.45, 7) is 4.08. The molecule has 340 valence electrons. The molecule has 0 aromatic rings. The Morgan fingerprint density at radius 3 is 1.16 bits per heavy atom. The van der Waals surface area contributed by atoms with Gasteiger partial charge in [-0.3, -0.25) is 4.79 Å². The zero-order valence-electron chi connectivity index (χ0n) is 37.8.